The second kappa shape index (κ2) is 7.28. The minimum Gasteiger partial charge on any atom is -0.480 e. The standard InChI is InChI=1S/C14H19N3O4/c1-9-5-4-6-11(7-9)16-14(21)15-8-12(18)17(3)10(2)13(19)20/h4-7,10H,8H2,1-3H3,(H,19,20)(H2,15,16,21). The van der Waals surface area contributed by atoms with Crippen LogP contribution >= 0.6 is 0 Å². The van der Waals surface area contributed by atoms with Gasteiger partial charge in [0.1, 0.15) is 6.04 Å². The summed E-state index contributed by atoms with van der Waals surface area (Å²) < 4.78 is 0. The first-order chi connectivity index (χ1) is 9.81. The molecule has 0 aliphatic heterocycles. The predicted octanol–water partition coefficient (Wildman–Crippen LogP) is 1.05. The molecule has 1 aromatic carbocycles. The third-order valence-corrected chi connectivity index (χ3v) is 3.01. The minimum atomic E-state index is -1.10. The highest BCUT2D eigenvalue weighted by Crippen LogP contribution is 2.08. The maximum atomic E-state index is 11.7. The zero-order chi connectivity index (χ0) is 16.0. The van der Waals surface area contributed by atoms with E-state index in [2.05, 4.69) is 10.6 Å². The maximum Gasteiger partial charge on any atom is 0.326 e. The van der Waals surface area contributed by atoms with Crippen LogP contribution in [0.5, 0.6) is 0 Å². The largest absolute Gasteiger partial charge is 0.480 e. The van der Waals surface area contributed by atoms with Crippen LogP contribution in [0, 0.1) is 6.92 Å². The fourth-order valence-corrected chi connectivity index (χ4v) is 1.56. The number of carboxylic acid groups (broad SMARTS) is 1. The molecule has 0 fully saturated rings. The lowest BCUT2D eigenvalue weighted by Gasteiger charge is -2.21. The lowest BCUT2D eigenvalue weighted by atomic mass is 10.2. The first-order valence-corrected chi connectivity index (χ1v) is 6.41. The molecule has 0 bridgehead atoms. The van der Waals surface area contributed by atoms with Crippen LogP contribution in [0.15, 0.2) is 24.3 Å². The molecule has 0 heterocycles. The number of nitrogens with zero attached hydrogens (tertiary/aromatic N) is 1. The number of amides is 3. The van der Waals surface area contributed by atoms with Crippen LogP contribution in [-0.2, 0) is 9.59 Å². The Morgan fingerprint density at radius 2 is 2.00 bits per heavy atom. The summed E-state index contributed by atoms with van der Waals surface area (Å²) in [7, 11) is 1.38. The molecule has 0 radical (unpaired) electrons. The molecule has 114 valence electrons. The Morgan fingerprint density at radius 1 is 1.33 bits per heavy atom. The number of rotatable bonds is 5. The molecular formula is C14H19N3O4. The number of carbonyl (C=O) groups excluding carboxylic acids is 2. The highest BCUT2D eigenvalue weighted by Gasteiger charge is 2.21. The van der Waals surface area contributed by atoms with E-state index in [0.29, 0.717) is 5.69 Å². The molecule has 7 heteroatoms. The Kier molecular flexibility index (Phi) is 5.71. The van der Waals surface area contributed by atoms with Gasteiger partial charge in [-0.3, -0.25) is 4.79 Å². The second-order valence-electron chi connectivity index (χ2n) is 4.70. The van der Waals surface area contributed by atoms with Gasteiger partial charge in [-0.05, 0) is 31.5 Å². The maximum absolute atomic E-state index is 11.7. The first-order valence-electron chi connectivity index (χ1n) is 6.41. The number of aliphatic carboxylic acids is 1. The van der Waals surface area contributed by atoms with Crippen molar-refractivity contribution in [1.29, 1.82) is 0 Å². The number of anilines is 1. The normalized spacial score (nSPS) is 11.4. The van der Waals surface area contributed by atoms with Crippen molar-refractivity contribution >= 4 is 23.6 Å². The van der Waals surface area contributed by atoms with Crippen molar-refractivity contribution in [3.05, 3.63) is 29.8 Å². The molecule has 0 aliphatic rings. The van der Waals surface area contributed by atoms with Gasteiger partial charge in [0.2, 0.25) is 5.91 Å². The third kappa shape index (κ3) is 5.13. The number of hydrogen-bond donors (Lipinski definition) is 3. The molecule has 0 aromatic heterocycles. The zero-order valence-corrected chi connectivity index (χ0v) is 12.2. The number of aryl methyl sites for hydroxylation is 1. The first kappa shape index (κ1) is 16.5. The number of benzene rings is 1. The summed E-state index contributed by atoms with van der Waals surface area (Å²) in [5.41, 5.74) is 1.62. The van der Waals surface area contributed by atoms with Crippen LogP contribution in [0.4, 0.5) is 10.5 Å². The van der Waals surface area contributed by atoms with E-state index < -0.39 is 23.9 Å². The minimum absolute atomic E-state index is 0.272. The van der Waals surface area contributed by atoms with Crippen LogP contribution < -0.4 is 10.6 Å². The molecule has 3 amide bonds. The average Bonchev–Trinajstić information content (AvgIpc) is 2.43. The fraction of sp³-hybridized carbons (Fsp3) is 0.357. The SMILES string of the molecule is Cc1cccc(NC(=O)NCC(=O)N(C)C(C)C(=O)O)c1. The van der Waals surface area contributed by atoms with Crippen LogP contribution in [0.25, 0.3) is 0 Å². The molecule has 0 aliphatic carbocycles. The van der Waals surface area contributed by atoms with E-state index in [-0.39, 0.29) is 6.54 Å². The molecule has 1 unspecified atom stereocenters. The van der Waals surface area contributed by atoms with Gasteiger partial charge in [0.25, 0.3) is 0 Å². The quantitative estimate of drug-likeness (QED) is 0.755. The summed E-state index contributed by atoms with van der Waals surface area (Å²) in [6.07, 6.45) is 0. The van der Waals surface area contributed by atoms with Gasteiger partial charge < -0.3 is 20.6 Å². The summed E-state index contributed by atoms with van der Waals surface area (Å²) in [6, 6.07) is 5.75. The summed E-state index contributed by atoms with van der Waals surface area (Å²) in [6.45, 7) is 3.02. The van der Waals surface area contributed by atoms with Crippen molar-refractivity contribution < 1.29 is 19.5 Å². The van der Waals surface area contributed by atoms with E-state index in [9.17, 15) is 14.4 Å². The highest BCUT2D eigenvalue weighted by molar-refractivity contribution is 5.93. The lowest BCUT2D eigenvalue weighted by Crippen LogP contribution is -2.45. The molecule has 1 atom stereocenters. The third-order valence-electron chi connectivity index (χ3n) is 3.01. The van der Waals surface area contributed by atoms with Gasteiger partial charge in [-0.25, -0.2) is 9.59 Å². The van der Waals surface area contributed by atoms with Crippen LogP contribution in [0.3, 0.4) is 0 Å². The molecule has 7 nitrogen and oxygen atoms in total. The Morgan fingerprint density at radius 3 is 2.57 bits per heavy atom. The van der Waals surface area contributed by atoms with Crippen molar-refractivity contribution in [3.8, 4) is 0 Å². The molecule has 3 N–H and O–H groups in total. The van der Waals surface area contributed by atoms with E-state index in [4.69, 9.17) is 5.11 Å². The van der Waals surface area contributed by atoms with Gasteiger partial charge in [-0.1, -0.05) is 12.1 Å². The number of carbonyl (C=O) groups is 3. The van der Waals surface area contributed by atoms with E-state index in [0.717, 1.165) is 10.5 Å². The molecule has 0 saturated heterocycles. The van der Waals surface area contributed by atoms with E-state index in [1.807, 2.05) is 13.0 Å². The molecule has 1 aromatic rings. The number of hydrogen-bond acceptors (Lipinski definition) is 3. The van der Waals surface area contributed by atoms with E-state index in [1.54, 1.807) is 18.2 Å². The Bertz CT molecular complexity index is 545. The van der Waals surface area contributed by atoms with Gasteiger partial charge in [0.05, 0.1) is 6.54 Å². The zero-order valence-electron chi connectivity index (χ0n) is 12.2. The topological polar surface area (TPSA) is 98.7 Å². The number of urea groups is 1. The smallest absolute Gasteiger partial charge is 0.326 e. The van der Waals surface area contributed by atoms with Crippen molar-refractivity contribution in [1.82, 2.24) is 10.2 Å². The second-order valence-corrected chi connectivity index (χ2v) is 4.70. The van der Waals surface area contributed by atoms with Gasteiger partial charge >= 0.3 is 12.0 Å². The Labute approximate surface area is 122 Å². The van der Waals surface area contributed by atoms with E-state index >= 15 is 0 Å². The summed E-state index contributed by atoms with van der Waals surface area (Å²) >= 11 is 0. The fourth-order valence-electron chi connectivity index (χ4n) is 1.56. The number of carboxylic acids is 1. The van der Waals surface area contributed by atoms with Crippen molar-refractivity contribution in [2.24, 2.45) is 0 Å². The number of likely N-dealkylation sites (N-methyl/N-ethyl adjacent to an activating group) is 1. The molecule has 1 rings (SSSR count). The van der Waals surface area contributed by atoms with Crippen LogP contribution in [-0.4, -0.2) is 47.5 Å². The van der Waals surface area contributed by atoms with Gasteiger partial charge in [0, 0.05) is 12.7 Å². The molecular weight excluding hydrogens is 274 g/mol. The monoisotopic (exact) mass is 293 g/mol. The molecule has 0 saturated carbocycles. The van der Waals surface area contributed by atoms with Crippen LogP contribution in [0.1, 0.15) is 12.5 Å². The Balaban J connectivity index is 2.46. The summed E-state index contributed by atoms with van der Waals surface area (Å²) in [5, 5.41) is 13.8. The van der Waals surface area contributed by atoms with Gasteiger partial charge in [-0.2, -0.15) is 0 Å². The van der Waals surface area contributed by atoms with Crippen molar-refractivity contribution in [3.63, 3.8) is 0 Å². The van der Waals surface area contributed by atoms with Crippen molar-refractivity contribution in [2.45, 2.75) is 19.9 Å². The average molecular weight is 293 g/mol. The Hall–Kier alpha value is -2.57. The van der Waals surface area contributed by atoms with Crippen molar-refractivity contribution in [2.75, 3.05) is 18.9 Å². The number of nitrogens with one attached hydrogen (secondary N) is 2. The van der Waals surface area contributed by atoms with Crippen LogP contribution in [0.2, 0.25) is 0 Å². The highest BCUT2D eigenvalue weighted by atomic mass is 16.4. The summed E-state index contributed by atoms with van der Waals surface area (Å²) in [4.78, 5) is 35.2. The molecule has 0 spiro atoms. The van der Waals surface area contributed by atoms with Gasteiger partial charge in [-0.15, -0.1) is 0 Å². The predicted molar refractivity (Wildman–Crippen MR) is 78.1 cm³/mol. The summed E-state index contributed by atoms with van der Waals surface area (Å²) in [5.74, 6) is -1.58. The lowest BCUT2D eigenvalue weighted by molar-refractivity contribution is -0.147. The van der Waals surface area contributed by atoms with E-state index in [1.165, 1.54) is 14.0 Å². The van der Waals surface area contributed by atoms with Gasteiger partial charge in [0.15, 0.2) is 0 Å². The molecule has 21 heavy (non-hydrogen) atoms.